The van der Waals surface area contributed by atoms with Gasteiger partial charge in [0.25, 0.3) is 0 Å². The number of aromatic nitrogens is 2. The Labute approximate surface area is 146 Å². The number of halogens is 1. The van der Waals surface area contributed by atoms with E-state index in [0.717, 1.165) is 48.2 Å². The van der Waals surface area contributed by atoms with E-state index in [4.69, 9.17) is 17.0 Å². The zero-order valence-electron chi connectivity index (χ0n) is 12.9. The van der Waals surface area contributed by atoms with Crippen molar-refractivity contribution < 1.29 is 0 Å². The number of hydrogen-bond donors (Lipinski definition) is 4. The lowest BCUT2D eigenvalue weighted by Gasteiger charge is -2.10. The third-order valence-corrected chi connectivity index (χ3v) is 4.44. The summed E-state index contributed by atoms with van der Waals surface area (Å²) in [4.78, 5) is 7.11. The Balaban J connectivity index is 1.46. The van der Waals surface area contributed by atoms with E-state index in [9.17, 15) is 0 Å². The van der Waals surface area contributed by atoms with Crippen molar-refractivity contribution >= 4 is 29.3 Å². The molecular formula is C16H22ClN5S. The van der Waals surface area contributed by atoms with Crippen molar-refractivity contribution in [1.29, 1.82) is 5.41 Å². The van der Waals surface area contributed by atoms with Crippen LogP contribution < -0.4 is 10.6 Å². The highest BCUT2D eigenvalue weighted by Crippen LogP contribution is 2.16. The molecule has 0 bridgehead atoms. The maximum absolute atomic E-state index is 7.80. The lowest BCUT2D eigenvalue weighted by Crippen LogP contribution is -2.38. The van der Waals surface area contributed by atoms with E-state index in [1.54, 1.807) is 6.33 Å². The largest absolute Gasteiger partial charge is 0.357 e. The summed E-state index contributed by atoms with van der Waals surface area (Å²) in [5, 5.41) is 14.7. The SMILES string of the molecule is N=C(NCCCc1c[nH]cn1)NCCSCc1cccc(Cl)c1. The molecule has 0 aliphatic carbocycles. The minimum absolute atomic E-state index is 0.385. The number of aryl methyl sites for hydroxylation is 1. The third kappa shape index (κ3) is 7.43. The molecule has 7 heteroatoms. The molecule has 2 rings (SSSR count). The normalized spacial score (nSPS) is 10.5. The Morgan fingerprint density at radius 3 is 2.96 bits per heavy atom. The zero-order valence-corrected chi connectivity index (χ0v) is 14.5. The molecule has 0 saturated carbocycles. The van der Waals surface area contributed by atoms with Crippen LogP contribution in [0.5, 0.6) is 0 Å². The van der Waals surface area contributed by atoms with E-state index in [0.29, 0.717) is 5.96 Å². The van der Waals surface area contributed by atoms with E-state index >= 15 is 0 Å². The van der Waals surface area contributed by atoms with Crippen LogP contribution in [0.25, 0.3) is 0 Å². The fraction of sp³-hybridized carbons (Fsp3) is 0.375. The molecule has 0 atom stereocenters. The average Bonchev–Trinajstić information content (AvgIpc) is 3.05. The Hall–Kier alpha value is -1.66. The van der Waals surface area contributed by atoms with E-state index < -0.39 is 0 Å². The van der Waals surface area contributed by atoms with Gasteiger partial charge in [0.1, 0.15) is 0 Å². The predicted octanol–water partition coefficient (Wildman–Crippen LogP) is 3.04. The molecule has 0 unspecified atom stereocenters. The van der Waals surface area contributed by atoms with Gasteiger partial charge in [0.2, 0.25) is 0 Å². The first-order chi connectivity index (χ1) is 11.2. The minimum atomic E-state index is 0.385. The van der Waals surface area contributed by atoms with Gasteiger partial charge in [0, 0.05) is 35.8 Å². The topological polar surface area (TPSA) is 76.6 Å². The number of thioether (sulfide) groups is 1. The number of nitrogens with one attached hydrogen (secondary N) is 4. The van der Waals surface area contributed by atoms with Gasteiger partial charge in [0.15, 0.2) is 5.96 Å². The molecule has 1 aromatic heterocycles. The van der Waals surface area contributed by atoms with Crippen LogP contribution in [0.1, 0.15) is 17.7 Å². The highest BCUT2D eigenvalue weighted by molar-refractivity contribution is 7.98. The number of guanidine groups is 1. The Kier molecular flexibility index (Phi) is 7.83. The quantitative estimate of drug-likeness (QED) is 0.318. The molecule has 2 aromatic rings. The molecule has 0 radical (unpaired) electrons. The van der Waals surface area contributed by atoms with Gasteiger partial charge in [-0.15, -0.1) is 0 Å². The number of imidazole rings is 1. The number of H-pyrrole nitrogens is 1. The molecule has 0 fully saturated rings. The number of aromatic amines is 1. The van der Waals surface area contributed by atoms with Crippen LogP contribution in [0.3, 0.4) is 0 Å². The molecule has 4 N–H and O–H groups in total. The predicted molar refractivity (Wildman–Crippen MR) is 98.3 cm³/mol. The summed E-state index contributed by atoms with van der Waals surface area (Å²) >= 11 is 7.78. The van der Waals surface area contributed by atoms with Gasteiger partial charge in [-0.1, -0.05) is 23.7 Å². The first-order valence-corrected chi connectivity index (χ1v) is 9.13. The maximum Gasteiger partial charge on any atom is 0.188 e. The third-order valence-electron chi connectivity index (χ3n) is 3.17. The summed E-state index contributed by atoms with van der Waals surface area (Å²) < 4.78 is 0. The van der Waals surface area contributed by atoms with Crippen LogP contribution in [-0.4, -0.2) is 34.8 Å². The molecular weight excluding hydrogens is 330 g/mol. The number of benzene rings is 1. The Morgan fingerprint density at radius 2 is 2.17 bits per heavy atom. The molecule has 0 aliphatic rings. The molecule has 1 heterocycles. The molecule has 0 aliphatic heterocycles. The lowest BCUT2D eigenvalue weighted by molar-refractivity contribution is 0.739. The maximum atomic E-state index is 7.80. The molecule has 1 aromatic carbocycles. The molecule has 5 nitrogen and oxygen atoms in total. The minimum Gasteiger partial charge on any atom is -0.357 e. The van der Waals surface area contributed by atoms with Crippen LogP contribution in [0.15, 0.2) is 36.8 Å². The van der Waals surface area contributed by atoms with Gasteiger partial charge < -0.3 is 15.6 Å². The second-order valence-corrected chi connectivity index (χ2v) is 6.62. The molecule has 23 heavy (non-hydrogen) atoms. The fourth-order valence-electron chi connectivity index (χ4n) is 2.04. The van der Waals surface area contributed by atoms with Crippen molar-refractivity contribution in [1.82, 2.24) is 20.6 Å². The number of nitrogens with zero attached hydrogens (tertiary/aromatic N) is 1. The van der Waals surface area contributed by atoms with E-state index in [1.807, 2.05) is 36.2 Å². The van der Waals surface area contributed by atoms with Crippen LogP contribution in [-0.2, 0) is 12.2 Å². The molecule has 0 amide bonds. The standard InChI is InChI=1S/C16H22ClN5S/c17-14-4-1-3-13(9-14)11-23-8-7-21-16(18)20-6-2-5-15-10-19-12-22-15/h1,3-4,9-10,12H,2,5-8,11H2,(H,19,22)(H3,18,20,21). The number of rotatable bonds is 9. The smallest absolute Gasteiger partial charge is 0.188 e. The zero-order chi connectivity index (χ0) is 16.3. The number of hydrogen-bond acceptors (Lipinski definition) is 3. The summed E-state index contributed by atoms with van der Waals surface area (Å²) in [6, 6.07) is 7.93. The van der Waals surface area contributed by atoms with Crippen molar-refractivity contribution in [3.63, 3.8) is 0 Å². The molecule has 0 saturated heterocycles. The van der Waals surface area contributed by atoms with E-state index in [-0.39, 0.29) is 0 Å². The monoisotopic (exact) mass is 351 g/mol. The summed E-state index contributed by atoms with van der Waals surface area (Å²) in [7, 11) is 0. The first-order valence-electron chi connectivity index (χ1n) is 7.60. The Bertz CT molecular complexity index is 588. The second-order valence-electron chi connectivity index (χ2n) is 5.08. The van der Waals surface area contributed by atoms with Crippen molar-refractivity contribution in [2.24, 2.45) is 0 Å². The summed E-state index contributed by atoms with van der Waals surface area (Å²) in [6.07, 6.45) is 5.46. The van der Waals surface area contributed by atoms with Gasteiger partial charge in [-0.25, -0.2) is 4.98 Å². The first kappa shape index (κ1) is 17.7. The highest BCUT2D eigenvalue weighted by atomic mass is 35.5. The molecule has 0 spiro atoms. The van der Waals surface area contributed by atoms with E-state index in [2.05, 4.69) is 26.7 Å². The van der Waals surface area contributed by atoms with Gasteiger partial charge in [-0.2, -0.15) is 11.8 Å². The van der Waals surface area contributed by atoms with Gasteiger partial charge in [0.05, 0.1) is 12.0 Å². The van der Waals surface area contributed by atoms with Crippen LogP contribution in [0, 0.1) is 5.41 Å². The van der Waals surface area contributed by atoms with Crippen molar-refractivity contribution in [3.8, 4) is 0 Å². The van der Waals surface area contributed by atoms with Crippen molar-refractivity contribution in [3.05, 3.63) is 53.1 Å². The fourth-order valence-corrected chi connectivity index (χ4v) is 3.06. The van der Waals surface area contributed by atoms with Crippen LogP contribution in [0.2, 0.25) is 5.02 Å². The summed E-state index contributed by atoms with van der Waals surface area (Å²) in [6.45, 7) is 1.55. The summed E-state index contributed by atoms with van der Waals surface area (Å²) in [5.41, 5.74) is 2.29. The molecule has 124 valence electrons. The lowest BCUT2D eigenvalue weighted by atomic mass is 10.2. The van der Waals surface area contributed by atoms with Gasteiger partial charge in [-0.05, 0) is 30.5 Å². The van der Waals surface area contributed by atoms with Gasteiger partial charge in [-0.3, -0.25) is 5.41 Å². The van der Waals surface area contributed by atoms with Gasteiger partial charge >= 0.3 is 0 Å². The highest BCUT2D eigenvalue weighted by Gasteiger charge is 1.98. The average molecular weight is 352 g/mol. The van der Waals surface area contributed by atoms with Crippen molar-refractivity contribution in [2.75, 3.05) is 18.8 Å². The van der Waals surface area contributed by atoms with Crippen LogP contribution in [0.4, 0.5) is 0 Å². The summed E-state index contributed by atoms with van der Waals surface area (Å²) in [5.74, 6) is 2.27. The second kappa shape index (κ2) is 10.2. The van der Waals surface area contributed by atoms with E-state index in [1.165, 1.54) is 5.56 Å². The Morgan fingerprint density at radius 1 is 1.30 bits per heavy atom. The van der Waals surface area contributed by atoms with Crippen LogP contribution >= 0.6 is 23.4 Å². The van der Waals surface area contributed by atoms with Crippen molar-refractivity contribution in [2.45, 2.75) is 18.6 Å².